The maximum atomic E-state index is 12.5. The van der Waals surface area contributed by atoms with Crippen LogP contribution in [0.5, 0.6) is 0 Å². The van der Waals surface area contributed by atoms with Gasteiger partial charge in [-0.25, -0.2) is 0 Å². The highest BCUT2D eigenvalue weighted by Crippen LogP contribution is 2.18. The molecule has 1 amide bonds. The van der Waals surface area contributed by atoms with Crippen LogP contribution in [-0.4, -0.2) is 47.4 Å². The Balaban J connectivity index is 3.46. The third kappa shape index (κ3) is 57.5. The fourth-order valence-corrected chi connectivity index (χ4v) is 10.1. The number of ether oxygens (including phenoxy) is 1. The van der Waals surface area contributed by atoms with E-state index in [-0.39, 0.29) is 18.5 Å². The Morgan fingerprint density at radius 1 is 0.394 bits per heavy atom. The van der Waals surface area contributed by atoms with Gasteiger partial charge in [-0.3, -0.25) is 9.59 Å². The summed E-state index contributed by atoms with van der Waals surface area (Å²) in [7, 11) is 0. The van der Waals surface area contributed by atoms with Gasteiger partial charge in [0.2, 0.25) is 5.91 Å². The standard InChI is InChI=1S/C65H125NO5/c1-3-5-7-9-11-13-15-17-19-20-21-23-26-30-33-37-41-45-49-53-57-63(68)62(61-67)66-64(69)58-54-50-46-42-38-34-31-27-24-22-25-28-32-36-40-44-48-52-56-60-71-65(70)59-55-51-47-43-39-35-29-18-16-14-12-10-8-6-4-2/h28,32,36,40,62-63,67-68H,3-27,29-31,33-35,37-39,41-61H2,1-2H3,(H,66,69)/b32-28-,40-36-. The Morgan fingerprint density at radius 2 is 0.690 bits per heavy atom. The van der Waals surface area contributed by atoms with Crippen LogP contribution in [0.1, 0.15) is 354 Å². The fraction of sp³-hybridized carbons (Fsp3) is 0.908. The maximum absolute atomic E-state index is 12.5. The second kappa shape index (κ2) is 60.9. The van der Waals surface area contributed by atoms with Crippen LogP contribution in [0.2, 0.25) is 0 Å². The molecule has 0 aromatic rings. The second-order valence-electron chi connectivity index (χ2n) is 22.1. The van der Waals surface area contributed by atoms with Crippen molar-refractivity contribution in [1.82, 2.24) is 5.32 Å². The molecule has 0 aliphatic carbocycles. The van der Waals surface area contributed by atoms with Crippen LogP contribution < -0.4 is 5.32 Å². The molecule has 0 heterocycles. The number of aliphatic hydroxyl groups excluding tert-OH is 2. The van der Waals surface area contributed by atoms with Gasteiger partial charge in [0.15, 0.2) is 0 Å². The lowest BCUT2D eigenvalue weighted by atomic mass is 10.0. The third-order valence-corrected chi connectivity index (χ3v) is 15.0. The topological polar surface area (TPSA) is 95.9 Å². The molecular formula is C65H125NO5. The Hall–Kier alpha value is -1.66. The minimum Gasteiger partial charge on any atom is -0.466 e. The molecule has 0 aromatic carbocycles. The molecule has 71 heavy (non-hydrogen) atoms. The highest BCUT2D eigenvalue weighted by molar-refractivity contribution is 5.76. The summed E-state index contributed by atoms with van der Waals surface area (Å²) >= 11 is 0. The van der Waals surface area contributed by atoms with Crippen molar-refractivity contribution in [2.45, 2.75) is 366 Å². The average molecular weight is 1000 g/mol. The molecule has 6 nitrogen and oxygen atoms in total. The molecule has 420 valence electrons. The molecule has 0 aromatic heterocycles. The van der Waals surface area contributed by atoms with Gasteiger partial charge in [0, 0.05) is 12.8 Å². The summed E-state index contributed by atoms with van der Waals surface area (Å²) in [5, 5.41) is 23.4. The number of rotatable bonds is 60. The molecular weight excluding hydrogens is 875 g/mol. The van der Waals surface area contributed by atoms with Gasteiger partial charge < -0.3 is 20.3 Å². The van der Waals surface area contributed by atoms with Crippen LogP contribution in [0.25, 0.3) is 0 Å². The molecule has 0 saturated heterocycles. The van der Waals surface area contributed by atoms with Crippen molar-refractivity contribution >= 4 is 11.9 Å². The SMILES string of the molecule is CCCCCCCCCCCCCCCCCCCCCCC(O)C(CO)NC(=O)CCCCCCCCCCCC/C=C\C=C/CCCCCOC(=O)CCCCCCCCCCCCCCCCC. The lowest BCUT2D eigenvalue weighted by Gasteiger charge is -2.22. The molecule has 2 atom stereocenters. The largest absolute Gasteiger partial charge is 0.466 e. The zero-order chi connectivity index (χ0) is 51.4. The molecule has 0 saturated carbocycles. The molecule has 2 unspecified atom stereocenters. The van der Waals surface area contributed by atoms with E-state index < -0.39 is 12.1 Å². The van der Waals surface area contributed by atoms with Crippen LogP contribution in [0.15, 0.2) is 24.3 Å². The Kier molecular flexibility index (Phi) is 59.5. The Labute approximate surface area is 443 Å². The first-order valence-electron chi connectivity index (χ1n) is 32.1. The zero-order valence-corrected chi connectivity index (χ0v) is 48.0. The average Bonchev–Trinajstić information content (AvgIpc) is 3.37. The van der Waals surface area contributed by atoms with E-state index in [1.807, 2.05) is 0 Å². The van der Waals surface area contributed by atoms with Crippen LogP contribution in [0.4, 0.5) is 0 Å². The van der Waals surface area contributed by atoms with Crippen molar-refractivity contribution in [3.63, 3.8) is 0 Å². The lowest BCUT2D eigenvalue weighted by molar-refractivity contribution is -0.143. The minimum absolute atomic E-state index is 0.00970. The highest BCUT2D eigenvalue weighted by atomic mass is 16.5. The first-order valence-corrected chi connectivity index (χ1v) is 32.1. The highest BCUT2D eigenvalue weighted by Gasteiger charge is 2.20. The summed E-state index contributed by atoms with van der Waals surface area (Å²) in [6.07, 6.45) is 74.8. The van der Waals surface area contributed by atoms with Gasteiger partial charge in [0.05, 0.1) is 25.4 Å². The van der Waals surface area contributed by atoms with Crippen molar-refractivity contribution in [3.8, 4) is 0 Å². The van der Waals surface area contributed by atoms with E-state index >= 15 is 0 Å². The van der Waals surface area contributed by atoms with Crippen molar-refractivity contribution in [3.05, 3.63) is 24.3 Å². The number of carbonyl (C=O) groups excluding carboxylic acids is 2. The molecule has 6 heteroatoms. The predicted molar refractivity (Wildman–Crippen MR) is 310 cm³/mol. The van der Waals surface area contributed by atoms with Crippen molar-refractivity contribution in [2.75, 3.05) is 13.2 Å². The molecule has 0 fully saturated rings. The number of carbonyl (C=O) groups is 2. The van der Waals surface area contributed by atoms with Gasteiger partial charge in [-0.15, -0.1) is 0 Å². The maximum Gasteiger partial charge on any atom is 0.305 e. The molecule has 0 spiro atoms. The number of allylic oxidation sites excluding steroid dienone is 4. The smallest absolute Gasteiger partial charge is 0.305 e. The van der Waals surface area contributed by atoms with Crippen molar-refractivity contribution in [2.24, 2.45) is 0 Å². The van der Waals surface area contributed by atoms with Gasteiger partial charge in [0.25, 0.3) is 0 Å². The van der Waals surface area contributed by atoms with Crippen LogP contribution in [0.3, 0.4) is 0 Å². The normalized spacial score (nSPS) is 12.7. The predicted octanol–water partition coefficient (Wildman–Crippen LogP) is 20.2. The molecule has 0 radical (unpaired) electrons. The Bertz CT molecular complexity index is 1110. The summed E-state index contributed by atoms with van der Waals surface area (Å²) in [5.74, 6) is -0.0511. The Morgan fingerprint density at radius 3 is 1.04 bits per heavy atom. The summed E-state index contributed by atoms with van der Waals surface area (Å²) in [5.41, 5.74) is 0. The van der Waals surface area contributed by atoms with E-state index in [1.54, 1.807) is 0 Å². The number of hydrogen-bond acceptors (Lipinski definition) is 5. The van der Waals surface area contributed by atoms with Crippen LogP contribution in [-0.2, 0) is 14.3 Å². The lowest BCUT2D eigenvalue weighted by Crippen LogP contribution is -2.45. The summed E-state index contributed by atoms with van der Waals surface area (Å²) in [6, 6.07) is -0.550. The van der Waals surface area contributed by atoms with Crippen LogP contribution >= 0.6 is 0 Å². The minimum atomic E-state index is -0.672. The van der Waals surface area contributed by atoms with E-state index in [0.29, 0.717) is 25.9 Å². The molecule has 0 bridgehead atoms. The van der Waals surface area contributed by atoms with Gasteiger partial charge >= 0.3 is 5.97 Å². The zero-order valence-electron chi connectivity index (χ0n) is 48.0. The number of amides is 1. The number of aliphatic hydroxyl groups is 2. The number of hydrogen-bond donors (Lipinski definition) is 3. The van der Waals surface area contributed by atoms with E-state index in [2.05, 4.69) is 43.5 Å². The first-order chi connectivity index (χ1) is 35.0. The molecule has 0 aliphatic rings. The van der Waals surface area contributed by atoms with Crippen molar-refractivity contribution in [1.29, 1.82) is 0 Å². The van der Waals surface area contributed by atoms with Crippen molar-refractivity contribution < 1.29 is 24.5 Å². The number of esters is 1. The quantitative estimate of drug-likeness (QED) is 0.0320. The monoisotopic (exact) mass is 1000 g/mol. The molecule has 0 rings (SSSR count). The van der Waals surface area contributed by atoms with E-state index in [9.17, 15) is 19.8 Å². The van der Waals surface area contributed by atoms with E-state index in [4.69, 9.17) is 4.74 Å². The van der Waals surface area contributed by atoms with Gasteiger partial charge in [-0.2, -0.15) is 0 Å². The van der Waals surface area contributed by atoms with Gasteiger partial charge in [-0.1, -0.05) is 308 Å². The fourth-order valence-electron chi connectivity index (χ4n) is 10.1. The number of unbranched alkanes of at least 4 members (excludes halogenated alkanes) is 46. The third-order valence-electron chi connectivity index (χ3n) is 15.0. The molecule has 0 aliphatic heterocycles. The summed E-state index contributed by atoms with van der Waals surface area (Å²) in [4.78, 5) is 24.6. The number of nitrogens with one attached hydrogen (secondary N) is 1. The van der Waals surface area contributed by atoms with Crippen LogP contribution in [0, 0.1) is 0 Å². The van der Waals surface area contributed by atoms with Gasteiger partial charge in [0.1, 0.15) is 0 Å². The van der Waals surface area contributed by atoms with E-state index in [1.165, 1.54) is 250 Å². The first kappa shape index (κ1) is 69.3. The van der Waals surface area contributed by atoms with Gasteiger partial charge in [-0.05, 0) is 57.8 Å². The summed E-state index contributed by atoms with van der Waals surface area (Å²) < 4.78 is 5.46. The van der Waals surface area contributed by atoms with E-state index in [0.717, 1.165) is 70.6 Å². The second-order valence-corrected chi connectivity index (χ2v) is 22.1. The summed E-state index contributed by atoms with van der Waals surface area (Å²) in [6.45, 7) is 4.94. The molecule has 3 N–H and O–H groups in total.